The number of aryl methyl sites for hydroxylation is 2. The summed E-state index contributed by atoms with van der Waals surface area (Å²) in [5.41, 5.74) is 4.81. The first-order valence-electron chi connectivity index (χ1n) is 5.97. The molecule has 0 saturated heterocycles. The van der Waals surface area contributed by atoms with E-state index in [2.05, 4.69) is 26.8 Å². The highest BCUT2D eigenvalue weighted by Gasteiger charge is 2.13. The third kappa shape index (κ3) is 3.40. The van der Waals surface area contributed by atoms with Gasteiger partial charge in [-0.15, -0.1) is 0 Å². The Labute approximate surface area is 128 Å². The van der Waals surface area contributed by atoms with Gasteiger partial charge in [-0.1, -0.05) is 0 Å². The lowest BCUT2D eigenvalue weighted by molar-refractivity contribution is 0.0842. The van der Waals surface area contributed by atoms with Crippen LogP contribution >= 0.6 is 15.9 Å². The molecule has 2 heterocycles. The minimum absolute atomic E-state index is 0.173. The first-order valence-corrected chi connectivity index (χ1v) is 6.77. The Hall–Kier alpha value is -2.35. The van der Waals surface area contributed by atoms with E-state index in [-0.39, 0.29) is 11.1 Å². The van der Waals surface area contributed by atoms with Crippen LogP contribution in [0.25, 0.3) is 0 Å². The normalized spacial score (nSPS) is 10.2. The SMILES string of the molecule is Cn1cc(Br)cc1C(=O)NNC(=O)c1ccn(C)c(=O)c1. The summed E-state index contributed by atoms with van der Waals surface area (Å²) in [4.78, 5) is 35.2. The number of hydrogen-bond acceptors (Lipinski definition) is 3. The van der Waals surface area contributed by atoms with E-state index in [1.54, 1.807) is 30.9 Å². The Morgan fingerprint density at radius 1 is 1.10 bits per heavy atom. The molecule has 0 fully saturated rings. The minimum Gasteiger partial charge on any atom is -0.345 e. The van der Waals surface area contributed by atoms with Crippen LogP contribution in [0.2, 0.25) is 0 Å². The summed E-state index contributed by atoms with van der Waals surface area (Å²) in [6.07, 6.45) is 3.20. The zero-order chi connectivity index (χ0) is 15.6. The van der Waals surface area contributed by atoms with Crippen molar-refractivity contribution in [2.24, 2.45) is 14.1 Å². The largest absolute Gasteiger partial charge is 0.345 e. The summed E-state index contributed by atoms with van der Waals surface area (Å²) in [5.74, 6) is -1.02. The van der Waals surface area contributed by atoms with Gasteiger partial charge in [0.25, 0.3) is 17.4 Å². The fourth-order valence-electron chi connectivity index (χ4n) is 1.69. The van der Waals surface area contributed by atoms with Crippen LogP contribution < -0.4 is 16.4 Å². The Morgan fingerprint density at radius 2 is 1.76 bits per heavy atom. The summed E-state index contributed by atoms with van der Waals surface area (Å²) in [7, 11) is 3.29. The molecule has 2 amide bonds. The smallest absolute Gasteiger partial charge is 0.286 e. The summed E-state index contributed by atoms with van der Waals surface area (Å²) in [5, 5.41) is 0. The standard InChI is InChI=1S/C13H13BrN4O3/c1-17-4-3-8(5-11(17)19)12(20)15-16-13(21)10-6-9(14)7-18(10)2/h3-7H,1-2H3,(H,15,20)(H,16,21). The van der Waals surface area contributed by atoms with Crippen LogP contribution in [-0.2, 0) is 14.1 Å². The fourth-order valence-corrected chi connectivity index (χ4v) is 2.21. The Balaban J connectivity index is 2.04. The summed E-state index contributed by atoms with van der Waals surface area (Å²) < 4.78 is 3.72. The molecule has 7 nitrogen and oxygen atoms in total. The van der Waals surface area contributed by atoms with E-state index in [0.29, 0.717) is 5.69 Å². The number of carbonyl (C=O) groups excluding carboxylic acids is 2. The Bertz CT molecular complexity index is 763. The number of hydrogen-bond donors (Lipinski definition) is 2. The van der Waals surface area contributed by atoms with E-state index in [4.69, 9.17) is 0 Å². The molecule has 0 aliphatic rings. The van der Waals surface area contributed by atoms with E-state index in [9.17, 15) is 14.4 Å². The molecule has 0 atom stereocenters. The van der Waals surface area contributed by atoms with Gasteiger partial charge in [0.1, 0.15) is 5.69 Å². The van der Waals surface area contributed by atoms with Gasteiger partial charge >= 0.3 is 0 Å². The van der Waals surface area contributed by atoms with Crippen molar-refractivity contribution in [3.05, 3.63) is 56.7 Å². The number of amides is 2. The van der Waals surface area contributed by atoms with Crippen LogP contribution in [-0.4, -0.2) is 20.9 Å². The maximum Gasteiger partial charge on any atom is 0.286 e. The minimum atomic E-state index is -0.561. The van der Waals surface area contributed by atoms with Crippen molar-refractivity contribution in [3.63, 3.8) is 0 Å². The van der Waals surface area contributed by atoms with E-state index in [1.807, 2.05) is 0 Å². The molecular formula is C13H13BrN4O3. The van der Waals surface area contributed by atoms with Gasteiger partial charge in [0, 0.05) is 42.6 Å². The zero-order valence-corrected chi connectivity index (χ0v) is 13.0. The number of pyridine rings is 1. The lowest BCUT2D eigenvalue weighted by atomic mass is 10.2. The third-order valence-electron chi connectivity index (χ3n) is 2.86. The van der Waals surface area contributed by atoms with E-state index in [0.717, 1.165) is 4.47 Å². The maximum atomic E-state index is 11.9. The predicted molar refractivity (Wildman–Crippen MR) is 79.7 cm³/mol. The summed E-state index contributed by atoms with van der Waals surface area (Å²) in [6.45, 7) is 0. The molecule has 8 heteroatoms. The van der Waals surface area contributed by atoms with Gasteiger partial charge in [-0.25, -0.2) is 0 Å². The van der Waals surface area contributed by atoms with Crippen LogP contribution in [0.4, 0.5) is 0 Å². The number of hydrazine groups is 1. The molecule has 0 radical (unpaired) electrons. The fraction of sp³-hybridized carbons (Fsp3) is 0.154. The number of aromatic nitrogens is 2. The molecule has 0 unspecified atom stereocenters. The lowest BCUT2D eigenvalue weighted by Crippen LogP contribution is -2.42. The average molecular weight is 353 g/mol. The van der Waals surface area contributed by atoms with Crippen LogP contribution in [0, 0.1) is 0 Å². The molecule has 0 aliphatic heterocycles. The molecule has 0 aliphatic carbocycles. The molecule has 2 aromatic rings. The first kappa shape index (κ1) is 15.0. The van der Waals surface area contributed by atoms with Crippen LogP contribution in [0.1, 0.15) is 20.8 Å². The van der Waals surface area contributed by atoms with Crippen molar-refractivity contribution in [3.8, 4) is 0 Å². The molecule has 21 heavy (non-hydrogen) atoms. The van der Waals surface area contributed by atoms with Crippen LogP contribution in [0.5, 0.6) is 0 Å². The molecule has 0 saturated carbocycles. The van der Waals surface area contributed by atoms with Crippen molar-refractivity contribution in [2.75, 3.05) is 0 Å². The van der Waals surface area contributed by atoms with Crippen molar-refractivity contribution in [1.29, 1.82) is 0 Å². The highest BCUT2D eigenvalue weighted by atomic mass is 79.9. The number of carbonyl (C=O) groups is 2. The van der Waals surface area contributed by atoms with Crippen molar-refractivity contribution in [1.82, 2.24) is 20.0 Å². The highest BCUT2D eigenvalue weighted by molar-refractivity contribution is 9.10. The average Bonchev–Trinajstić information content (AvgIpc) is 2.77. The van der Waals surface area contributed by atoms with Crippen LogP contribution in [0.3, 0.4) is 0 Å². The van der Waals surface area contributed by atoms with Gasteiger partial charge in [-0.3, -0.25) is 25.2 Å². The molecule has 0 bridgehead atoms. The van der Waals surface area contributed by atoms with Gasteiger partial charge < -0.3 is 9.13 Å². The van der Waals surface area contributed by atoms with Gasteiger partial charge in [-0.2, -0.15) is 0 Å². The number of halogens is 1. The lowest BCUT2D eigenvalue weighted by Gasteiger charge is -2.08. The van der Waals surface area contributed by atoms with E-state index >= 15 is 0 Å². The predicted octanol–water partition coefficient (Wildman–Crippen LogP) is 0.561. The molecular weight excluding hydrogens is 340 g/mol. The van der Waals surface area contributed by atoms with E-state index in [1.165, 1.54) is 22.9 Å². The van der Waals surface area contributed by atoms with E-state index < -0.39 is 11.8 Å². The molecule has 0 aromatic carbocycles. The molecule has 2 rings (SSSR count). The Morgan fingerprint density at radius 3 is 2.33 bits per heavy atom. The second-order valence-corrected chi connectivity index (χ2v) is 5.34. The first-order chi connectivity index (χ1) is 9.88. The maximum absolute atomic E-state index is 11.9. The number of nitrogens with zero attached hydrogens (tertiary/aromatic N) is 2. The van der Waals surface area contributed by atoms with Crippen molar-refractivity contribution in [2.45, 2.75) is 0 Å². The molecule has 2 aromatic heterocycles. The quantitative estimate of drug-likeness (QED) is 0.774. The third-order valence-corrected chi connectivity index (χ3v) is 3.29. The molecule has 0 spiro atoms. The summed E-state index contributed by atoms with van der Waals surface area (Å²) >= 11 is 3.26. The molecule has 2 N–H and O–H groups in total. The topological polar surface area (TPSA) is 85.1 Å². The number of rotatable bonds is 2. The monoisotopic (exact) mass is 352 g/mol. The second-order valence-electron chi connectivity index (χ2n) is 4.43. The molecule has 110 valence electrons. The van der Waals surface area contributed by atoms with Gasteiger partial charge in [0.15, 0.2) is 0 Å². The Kier molecular flexibility index (Phi) is 4.27. The van der Waals surface area contributed by atoms with Gasteiger partial charge in [0.05, 0.1) is 0 Å². The van der Waals surface area contributed by atoms with Gasteiger partial charge in [-0.05, 0) is 28.1 Å². The van der Waals surface area contributed by atoms with Crippen molar-refractivity contribution >= 4 is 27.7 Å². The number of nitrogens with one attached hydrogen (secondary N) is 2. The second kappa shape index (κ2) is 5.96. The zero-order valence-electron chi connectivity index (χ0n) is 11.4. The highest BCUT2D eigenvalue weighted by Crippen LogP contribution is 2.13. The van der Waals surface area contributed by atoms with Crippen molar-refractivity contribution < 1.29 is 9.59 Å². The van der Waals surface area contributed by atoms with Gasteiger partial charge in [0.2, 0.25) is 0 Å². The van der Waals surface area contributed by atoms with Crippen LogP contribution in [0.15, 0.2) is 39.9 Å². The summed E-state index contributed by atoms with van der Waals surface area (Å²) in [6, 6.07) is 4.31.